The van der Waals surface area contributed by atoms with Crippen LogP contribution in [0.1, 0.15) is 21.5 Å². The third-order valence-electron chi connectivity index (χ3n) is 5.83. The summed E-state index contributed by atoms with van der Waals surface area (Å²) in [4.78, 5) is 33.1. The van der Waals surface area contributed by atoms with E-state index in [4.69, 9.17) is 5.73 Å². The minimum atomic E-state index is -4.58. The molecule has 0 aliphatic carbocycles. The van der Waals surface area contributed by atoms with Gasteiger partial charge in [0.05, 0.1) is 16.6 Å². The summed E-state index contributed by atoms with van der Waals surface area (Å²) in [6, 6.07) is 7.95. The van der Waals surface area contributed by atoms with Gasteiger partial charge in [-0.15, -0.1) is 0 Å². The van der Waals surface area contributed by atoms with Gasteiger partial charge in [0.2, 0.25) is 5.95 Å². The number of halogens is 3. The molecule has 12 heteroatoms. The van der Waals surface area contributed by atoms with Crippen molar-refractivity contribution in [1.29, 1.82) is 0 Å². The molecule has 9 nitrogen and oxygen atoms in total. The Morgan fingerprint density at radius 1 is 1.00 bits per heavy atom. The van der Waals surface area contributed by atoms with Crippen LogP contribution in [0.15, 0.2) is 67.5 Å². The number of nitrogen functional groups attached to an aromatic ring is 1. The summed E-state index contributed by atoms with van der Waals surface area (Å²) >= 11 is 0. The number of phenolic OH excluding ortho intramolecular Hbond substituents is 1. The highest BCUT2D eigenvalue weighted by atomic mass is 19.4. The zero-order valence-corrected chi connectivity index (χ0v) is 19.7. The largest absolute Gasteiger partial charge is 0.507 e. The highest BCUT2D eigenvalue weighted by Crippen LogP contribution is 2.43. The third-order valence-corrected chi connectivity index (χ3v) is 5.83. The molecule has 0 aliphatic heterocycles. The average Bonchev–Trinajstić information content (AvgIpc) is 2.89. The molecule has 5 aromatic rings. The lowest BCUT2D eigenvalue weighted by molar-refractivity contribution is -0.137. The van der Waals surface area contributed by atoms with Crippen LogP contribution in [0.2, 0.25) is 0 Å². The lowest BCUT2D eigenvalue weighted by Crippen LogP contribution is -2.14. The number of aryl methyl sites for hydroxylation is 1. The quantitative estimate of drug-likeness (QED) is 0.302. The number of aromatic nitrogens is 5. The van der Waals surface area contributed by atoms with Gasteiger partial charge in [-0.25, -0.2) is 24.9 Å². The van der Waals surface area contributed by atoms with Crippen LogP contribution in [0, 0.1) is 6.92 Å². The molecule has 38 heavy (non-hydrogen) atoms. The summed E-state index contributed by atoms with van der Waals surface area (Å²) in [5.74, 6) is -1.06. The predicted molar refractivity (Wildman–Crippen MR) is 134 cm³/mol. The van der Waals surface area contributed by atoms with Crippen molar-refractivity contribution in [2.75, 3.05) is 11.1 Å². The summed E-state index contributed by atoms with van der Waals surface area (Å²) in [6.07, 6.45) is 2.28. The van der Waals surface area contributed by atoms with Crippen LogP contribution in [0.4, 0.5) is 24.9 Å². The second-order valence-corrected chi connectivity index (χ2v) is 8.35. The SMILES string of the molecule is Cc1ccc(C(=O)Nc2cc(C(F)(F)F)ccn2)cc1-c1cc2cnc(N)nc2c(-c2cncnc2)c1O. The number of nitrogens with two attached hydrogens (primary N) is 1. The Hall–Kier alpha value is -5.13. The summed E-state index contributed by atoms with van der Waals surface area (Å²) in [6.45, 7) is 1.79. The van der Waals surface area contributed by atoms with E-state index in [1.54, 1.807) is 19.1 Å². The minimum absolute atomic E-state index is 0.0146. The first-order chi connectivity index (χ1) is 18.1. The van der Waals surface area contributed by atoms with Gasteiger partial charge in [0.25, 0.3) is 5.91 Å². The Morgan fingerprint density at radius 2 is 1.76 bits per heavy atom. The molecule has 0 radical (unpaired) electrons. The zero-order valence-electron chi connectivity index (χ0n) is 19.7. The molecular formula is C26H18F3N7O2. The topological polar surface area (TPSA) is 140 Å². The van der Waals surface area contributed by atoms with Crippen LogP contribution in [0.25, 0.3) is 33.2 Å². The van der Waals surface area contributed by atoms with Crippen LogP contribution in [-0.2, 0) is 6.18 Å². The number of pyridine rings is 1. The molecule has 5 rings (SSSR count). The Labute approximate surface area is 213 Å². The number of fused-ring (bicyclic) bond motifs is 1. The third kappa shape index (κ3) is 4.66. The summed E-state index contributed by atoms with van der Waals surface area (Å²) in [5.41, 5.74) is 7.79. The molecule has 0 unspecified atom stereocenters. The molecule has 3 aromatic heterocycles. The van der Waals surface area contributed by atoms with Gasteiger partial charge in [0.15, 0.2) is 0 Å². The van der Waals surface area contributed by atoms with Gasteiger partial charge in [0, 0.05) is 46.9 Å². The molecule has 0 atom stereocenters. The number of alkyl halides is 3. The minimum Gasteiger partial charge on any atom is -0.507 e. The van der Waals surface area contributed by atoms with E-state index >= 15 is 0 Å². The van der Waals surface area contributed by atoms with E-state index in [9.17, 15) is 23.1 Å². The second-order valence-electron chi connectivity index (χ2n) is 8.35. The van der Waals surface area contributed by atoms with Crippen molar-refractivity contribution in [2.45, 2.75) is 13.1 Å². The van der Waals surface area contributed by atoms with Crippen LogP contribution in [0.3, 0.4) is 0 Å². The molecule has 0 fully saturated rings. The van der Waals surface area contributed by atoms with E-state index in [0.29, 0.717) is 33.2 Å². The fraction of sp³-hybridized carbons (Fsp3) is 0.0769. The number of carbonyl (C=O) groups is 1. The van der Waals surface area contributed by atoms with Crippen molar-refractivity contribution < 1.29 is 23.1 Å². The van der Waals surface area contributed by atoms with E-state index in [2.05, 4.69) is 30.2 Å². The van der Waals surface area contributed by atoms with Crippen molar-refractivity contribution in [2.24, 2.45) is 0 Å². The van der Waals surface area contributed by atoms with Gasteiger partial charge in [-0.05, 0) is 48.4 Å². The molecular weight excluding hydrogens is 499 g/mol. The predicted octanol–water partition coefficient (Wildman–Crippen LogP) is 5.02. The van der Waals surface area contributed by atoms with Crippen LogP contribution in [0.5, 0.6) is 5.75 Å². The van der Waals surface area contributed by atoms with Gasteiger partial charge in [-0.3, -0.25) is 4.79 Å². The van der Waals surface area contributed by atoms with E-state index in [1.807, 2.05) is 0 Å². The number of benzene rings is 2. The van der Waals surface area contributed by atoms with E-state index in [1.165, 1.54) is 37.1 Å². The van der Waals surface area contributed by atoms with Crippen LogP contribution in [-0.4, -0.2) is 35.9 Å². The number of hydrogen-bond donors (Lipinski definition) is 3. The van der Waals surface area contributed by atoms with Crippen molar-refractivity contribution in [3.8, 4) is 28.0 Å². The molecule has 2 aromatic carbocycles. The number of hydrogen-bond acceptors (Lipinski definition) is 8. The van der Waals surface area contributed by atoms with E-state index < -0.39 is 17.6 Å². The van der Waals surface area contributed by atoms with Crippen molar-refractivity contribution in [1.82, 2.24) is 24.9 Å². The molecule has 0 aliphatic rings. The van der Waals surface area contributed by atoms with E-state index in [0.717, 1.165) is 23.9 Å². The number of rotatable bonds is 4. The number of anilines is 2. The number of aromatic hydroxyl groups is 1. The normalized spacial score (nSPS) is 11.5. The Morgan fingerprint density at radius 3 is 2.50 bits per heavy atom. The molecule has 4 N–H and O–H groups in total. The van der Waals surface area contributed by atoms with Crippen molar-refractivity contribution >= 4 is 28.6 Å². The highest BCUT2D eigenvalue weighted by molar-refractivity contribution is 6.06. The number of nitrogens with zero attached hydrogens (tertiary/aromatic N) is 5. The molecule has 0 saturated carbocycles. The summed E-state index contributed by atoms with van der Waals surface area (Å²) < 4.78 is 39.2. The molecule has 3 heterocycles. The molecule has 0 saturated heterocycles. The Balaban J connectivity index is 1.60. The first kappa shape index (κ1) is 24.6. The monoisotopic (exact) mass is 517 g/mol. The van der Waals surface area contributed by atoms with Gasteiger partial charge < -0.3 is 16.2 Å². The van der Waals surface area contributed by atoms with Gasteiger partial charge in [-0.2, -0.15) is 13.2 Å². The lowest BCUT2D eigenvalue weighted by atomic mass is 9.92. The number of amides is 1. The maximum atomic E-state index is 13.1. The summed E-state index contributed by atoms with van der Waals surface area (Å²) in [7, 11) is 0. The smallest absolute Gasteiger partial charge is 0.416 e. The Kier molecular flexibility index (Phi) is 6.07. The standard InChI is InChI=1S/C26H18F3N7O2/c1-13-2-3-14(24(38)35-20-8-17(4-5-33-20)26(27,28)29)6-18(13)19-7-15-11-34-25(30)36-22(15)21(23(19)37)16-9-31-12-32-10-16/h2-12,37H,1H3,(H2,30,34,36)(H,33,35,38). The fourth-order valence-electron chi connectivity index (χ4n) is 4.01. The van der Waals surface area contributed by atoms with Gasteiger partial charge in [-0.1, -0.05) is 6.07 Å². The fourth-order valence-corrected chi connectivity index (χ4v) is 4.01. The van der Waals surface area contributed by atoms with Crippen molar-refractivity contribution in [3.63, 3.8) is 0 Å². The summed E-state index contributed by atoms with van der Waals surface area (Å²) in [5, 5.41) is 14.4. The molecule has 0 bridgehead atoms. The lowest BCUT2D eigenvalue weighted by Gasteiger charge is -2.16. The van der Waals surface area contributed by atoms with Crippen LogP contribution >= 0.6 is 0 Å². The number of phenols is 1. The number of carbonyl (C=O) groups excluding carboxylic acids is 1. The Bertz CT molecular complexity index is 1690. The zero-order chi connectivity index (χ0) is 27.0. The van der Waals surface area contributed by atoms with E-state index in [-0.39, 0.29) is 23.1 Å². The molecule has 190 valence electrons. The molecule has 0 spiro atoms. The first-order valence-corrected chi connectivity index (χ1v) is 11.1. The maximum absolute atomic E-state index is 13.1. The number of nitrogens with one attached hydrogen (secondary N) is 1. The highest BCUT2D eigenvalue weighted by Gasteiger charge is 2.31. The van der Waals surface area contributed by atoms with Gasteiger partial charge >= 0.3 is 6.18 Å². The molecule has 1 amide bonds. The van der Waals surface area contributed by atoms with Gasteiger partial charge in [0.1, 0.15) is 17.9 Å². The average molecular weight is 517 g/mol. The van der Waals surface area contributed by atoms with Crippen LogP contribution < -0.4 is 11.1 Å². The second kappa shape index (κ2) is 9.39. The van der Waals surface area contributed by atoms with Crippen molar-refractivity contribution in [3.05, 3.63) is 84.2 Å². The maximum Gasteiger partial charge on any atom is 0.416 e. The first-order valence-electron chi connectivity index (χ1n) is 11.1.